The molecular weight excluding hydrogens is 454 g/mol. The molecule has 1 aromatic carbocycles. The number of hydrogen-bond donors (Lipinski definition) is 0. The standard InChI is InChI=1S/C27H25N7S/c1-17-24(15-31-34(17)23-10-21-7-8-22(11-23)32(21)2)19-9-26(27-20(13-29)14-30-33(27)16-19)35-25-6-4-3-5-18(25)12-28/h3-6,9,14-16,21-23H,7-8,10-11H2,1-2H3. The molecule has 0 radical (unpaired) electrons. The highest BCUT2D eigenvalue weighted by Crippen LogP contribution is 2.42. The van der Waals surface area contributed by atoms with Crippen LogP contribution in [0.2, 0.25) is 0 Å². The first-order chi connectivity index (χ1) is 17.1. The molecule has 3 aromatic heterocycles. The molecule has 7 nitrogen and oxygen atoms in total. The molecule has 2 fully saturated rings. The van der Waals surface area contributed by atoms with Gasteiger partial charge in [0, 0.05) is 44.9 Å². The van der Waals surface area contributed by atoms with Crippen molar-refractivity contribution >= 4 is 17.3 Å². The topological polar surface area (TPSA) is 85.9 Å². The second-order valence-electron chi connectivity index (χ2n) is 9.53. The molecule has 2 atom stereocenters. The van der Waals surface area contributed by atoms with Gasteiger partial charge in [-0.3, -0.25) is 4.68 Å². The molecule has 0 aliphatic carbocycles. The Morgan fingerprint density at radius 2 is 1.69 bits per heavy atom. The molecule has 2 bridgehead atoms. The lowest BCUT2D eigenvalue weighted by Gasteiger charge is -2.36. The van der Waals surface area contributed by atoms with Gasteiger partial charge in [0.2, 0.25) is 0 Å². The van der Waals surface area contributed by atoms with E-state index >= 15 is 0 Å². The average Bonchev–Trinajstić information content (AvgIpc) is 3.51. The second kappa shape index (κ2) is 8.57. The van der Waals surface area contributed by atoms with E-state index in [9.17, 15) is 10.5 Å². The summed E-state index contributed by atoms with van der Waals surface area (Å²) in [4.78, 5) is 4.30. The predicted octanol–water partition coefficient (Wildman–Crippen LogP) is 5.20. The summed E-state index contributed by atoms with van der Waals surface area (Å²) in [6.45, 7) is 2.15. The van der Waals surface area contributed by atoms with Crippen molar-refractivity contribution in [2.75, 3.05) is 7.05 Å². The van der Waals surface area contributed by atoms with Crippen molar-refractivity contribution in [2.24, 2.45) is 0 Å². The maximum absolute atomic E-state index is 9.68. The number of aromatic nitrogens is 4. The van der Waals surface area contributed by atoms with Crippen LogP contribution >= 0.6 is 11.8 Å². The molecule has 8 heteroatoms. The zero-order valence-electron chi connectivity index (χ0n) is 19.7. The number of nitrogens with zero attached hydrogens (tertiary/aromatic N) is 7. The quantitative estimate of drug-likeness (QED) is 0.400. The van der Waals surface area contributed by atoms with E-state index in [0.29, 0.717) is 29.3 Å². The molecule has 0 saturated carbocycles. The third kappa shape index (κ3) is 3.61. The van der Waals surface area contributed by atoms with Gasteiger partial charge in [-0.25, -0.2) is 4.52 Å². The number of hydrogen-bond acceptors (Lipinski definition) is 6. The first-order valence-corrected chi connectivity index (χ1v) is 12.7. The van der Waals surface area contributed by atoms with E-state index in [1.165, 1.54) is 24.6 Å². The summed E-state index contributed by atoms with van der Waals surface area (Å²) in [5.41, 5.74) is 5.11. The number of pyridine rings is 1. The Labute approximate surface area is 208 Å². The van der Waals surface area contributed by atoms with Gasteiger partial charge in [-0.05, 0) is 57.9 Å². The fraction of sp³-hybridized carbons (Fsp3) is 0.333. The number of fused-ring (bicyclic) bond motifs is 3. The molecule has 0 N–H and O–H groups in total. The molecule has 2 saturated heterocycles. The van der Waals surface area contributed by atoms with E-state index in [-0.39, 0.29) is 0 Å². The van der Waals surface area contributed by atoms with E-state index in [2.05, 4.69) is 46.9 Å². The first-order valence-electron chi connectivity index (χ1n) is 11.9. The summed E-state index contributed by atoms with van der Waals surface area (Å²) in [5.74, 6) is 0. The van der Waals surface area contributed by atoms with Crippen LogP contribution in [0.1, 0.15) is 48.5 Å². The molecule has 2 aliphatic heterocycles. The largest absolute Gasteiger partial charge is 0.300 e. The van der Waals surface area contributed by atoms with Crippen LogP contribution in [-0.4, -0.2) is 43.4 Å². The highest BCUT2D eigenvalue weighted by atomic mass is 32.2. The Bertz CT molecular complexity index is 1500. The van der Waals surface area contributed by atoms with Gasteiger partial charge >= 0.3 is 0 Å². The third-order valence-electron chi connectivity index (χ3n) is 7.70. The summed E-state index contributed by atoms with van der Waals surface area (Å²) in [5, 5.41) is 28.6. The van der Waals surface area contributed by atoms with E-state index in [1.807, 2.05) is 36.7 Å². The lowest BCUT2D eigenvalue weighted by molar-refractivity contribution is 0.130. The van der Waals surface area contributed by atoms with Crippen LogP contribution in [-0.2, 0) is 0 Å². The predicted molar refractivity (Wildman–Crippen MR) is 134 cm³/mol. The Kier molecular flexibility index (Phi) is 5.36. The molecule has 5 heterocycles. The zero-order valence-corrected chi connectivity index (χ0v) is 20.5. The molecule has 0 spiro atoms. The lowest BCUT2D eigenvalue weighted by atomic mass is 9.97. The van der Waals surface area contributed by atoms with Crippen molar-refractivity contribution in [3.8, 4) is 23.3 Å². The number of piperidine rings is 1. The molecule has 4 aromatic rings. The SMILES string of the molecule is Cc1c(-c2cc(Sc3ccccc3C#N)c3c(C#N)cnn3c2)cnn1C1CC2CCC(C1)N2C. The normalized spacial score (nSPS) is 21.8. The summed E-state index contributed by atoms with van der Waals surface area (Å²) < 4.78 is 4.00. The molecule has 2 aliphatic rings. The van der Waals surface area contributed by atoms with Crippen molar-refractivity contribution in [1.82, 2.24) is 24.3 Å². The van der Waals surface area contributed by atoms with E-state index in [4.69, 9.17) is 5.10 Å². The zero-order chi connectivity index (χ0) is 24.1. The van der Waals surface area contributed by atoms with Gasteiger partial charge in [0.15, 0.2) is 0 Å². The van der Waals surface area contributed by atoms with Crippen molar-refractivity contribution in [2.45, 2.75) is 60.5 Å². The third-order valence-corrected chi connectivity index (χ3v) is 8.81. The maximum Gasteiger partial charge on any atom is 0.103 e. The number of benzene rings is 1. The molecule has 6 rings (SSSR count). The van der Waals surface area contributed by atoms with E-state index in [1.54, 1.807) is 10.7 Å². The van der Waals surface area contributed by atoms with E-state index in [0.717, 1.165) is 45.0 Å². The fourth-order valence-corrected chi connectivity index (χ4v) is 6.91. The minimum atomic E-state index is 0.424. The lowest BCUT2D eigenvalue weighted by Crippen LogP contribution is -2.40. The van der Waals surface area contributed by atoms with Crippen LogP contribution in [0, 0.1) is 29.6 Å². The van der Waals surface area contributed by atoms with Crippen LogP contribution < -0.4 is 0 Å². The molecule has 2 unspecified atom stereocenters. The van der Waals surface area contributed by atoms with Crippen LogP contribution in [0.3, 0.4) is 0 Å². The highest BCUT2D eigenvalue weighted by molar-refractivity contribution is 7.99. The van der Waals surface area contributed by atoms with Gasteiger partial charge in [0.05, 0.1) is 35.1 Å². The van der Waals surface area contributed by atoms with Gasteiger partial charge in [-0.15, -0.1) is 0 Å². The number of rotatable bonds is 4. The molecular formula is C27H25N7S. The van der Waals surface area contributed by atoms with E-state index < -0.39 is 0 Å². The van der Waals surface area contributed by atoms with Crippen molar-refractivity contribution in [1.29, 1.82) is 10.5 Å². The summed E-state index contributed by atoms with van der Waals surface area (Å²) in [7, 11) is 2.26. The fourth-order valence-electron chi connectivity index (χ4n) is 5.82. The summed E-state index contributed by atoms with van der Waals surface area (Å²) in [6, 6.07) is 15.9. The Morgan fingerprint density at radius 1 is 0.943 bits per heavy atom. The van der Waals surface area contributed by atoms with Crippen LogP contribution in [0.4, 0.5) is 0 Å². The Balaban J connectivity index is 1.42. The van der Waals surface area contributed by atoms with Crippen molar-refractivity contribution in [3.05, 3.63) is 65.7 Å². The van der Waals surface area contributed by atoms with Crippen molar-refractivity contribution in [3.63, 3.8) is 0 Å². The van der Waals surface area contributed by atoms with Gasteiger partial charge in [-0.1, -0.05) is 23.9 Å². The molecule has 35 heavy (non-hydrogen) atoms. The van der Waals surface area contributed by atoms with Crippen LogP contribution in [0.25, 0.3) is 16.6 Å². The molecule has 174 valence electrons. The maximum atomic E-state index is 9.68. The second-order valence-corrected chi connectivity index (χ2v) is 10.6. The highest BCUT2D eigenvalue weighted by Gasteiger charge is 2.39. The van der Waals surface area contributed by atoms with Crippen LogP contribution in [0.5, 0.6) is 0 Å². The summed E-state index contributed by atoms with van der Waals surface area (Å²) >= 11 is 1.49. The number of nitriles is 2. The average molecular weight is 480 g/mol. The van der Waals surface area contributed by atoms with Gasteiger partial charge in [-0.2, -0.15) is 20.7 Å². The first kappa shape index (κ1) is 21.9. The Hall–Kier alpha value is -3.59. The molecule has 0 amide bonds. The van der Waals surface area contributed by atoms with Gasteiger partial charge in [0.25, 0.3) is 0 Å². The smallest absolute Gasteiger partial charge is 0.103 e. The van der Waals surface area contributed by atoms with Crippen LogP contribution in [0.15, 0.2) is 58.7 Å². The van der Waals surface area contributed by atoms with Gasteiger partial charge < -0.3 is 4.90 Å². The minimum Gasteiger partial charge on any atom is -0.300 e. The summed E-state index contributed by atoms with van der Waals surface area (Å²) in [6.07, 6.45) is 10.4. The van der Waals surface area contributed by atoms with Gasteiger partial charge in [0.1, 0.15) is 12.1 Å². The van der Waals surface area contributed by atoms with Crippen molar-refractivity contribution < 1.29 is 0 Å². The Morgan fingerprint density at radius 3 is 2.43 bits per heavy atom. The monoisotopic (exact) mass is 479 g/mol. The minimum absolute atomic E-state index is 0.424.